The first-order chi connectivity index (χ1) is 10.1. The topological polar surface area (TPSA) is 71.0 Å². The van der Waals surface area contributed by atoms with Gasteiger partial charge < -0.3 is 4.74 Å². The van der Waals surface area contributed by atoms with Gasteiger partial charge in [-0.15, -0.1) is 0 Å². The molecule has 2 aliphatic rings. The van der Waals surface area contributed by atoms with Crippen LogP contribution in [0, 0.1) is 0 Å². The van der Waals surface area contributed by atoms with Gasteiger partial charge in [0, 0.05) is 25.2 Å². The molecule has 0 bridgehead atoms. The van der Waals surface area contributed by atoms with E-state index in [9.17, 15) is 8.42 Å². The molecule has 2 heterocycles. The Morgan fingerprint density at radius 3 is 2.81 bits per heavy atom. The Kier molecular flexibility index (Phi) is 3.97. The van der Waals surface area contributed by atoms with Crippen molar-refractivity contribution >= 4 is 15.9 Å². The minimum Gasteiger partial charge on any atom is -0.379 e. The molecule has 21 heavy (non-hydrogen) atoms. The van der Waals surface area contributed by atoms with Crippen LogP contribution in [0.3, 0.4) is 0 Å². The Bertz CT molecular complexity index is 651. The highest BCUT2D eigenvalue weighted by molar-refractivity contribution is 7.90. The summed E-state index contributed by atoms with van der Waals surface area (Å²) in [7, 11) is -3.45. The average Bonchev–Trinajstić information content (AvgIpc) is 2.72. The minimum absolute atomic E-state index is 0.0203. The molecule has 1 aromatic rings. The second-order valence-corrected chi connectivity index (χ2v) is 6.99. The van der Waals surface area contributed by atoms with E-state index in [0.29, 0.717) is 16.3 Å². The van der Waals surface area contributed by atoms with Crippen molar-refractivity contribution in [1.29, 1.82) is 0 Å². The molecule has 1 saturated heterocycles. The third-order valence-corrected chi connectivity index (χ3v) is 5.04. The summed E-state index contributed by atoms with van der Waals surface area (Å²) in [6.07, 6.45) is 0. The normalized spacial score (nSPS) is 24.5. The standard InChI is InChI=1S/C14H19N3O3S/c1-11(10-17-6-8-20-9-7-17)15-14-12-4-2-3-5-13(12)21(18,19)16-14/h2-5,11H,6-10H2,1H3,(H,15,16)/t11-/m1/s1. The van der Waals surface area contributed by atoms with Crippen LogP contribution in [-0.4, -0.2) is 58.0 Å². The number of nitrogens with one attached hydrogen (secondary N) is 1. The van der Waals surface area contributed by atoms with E-state index in [-0.39, 0.29) is 6.04 Å². The first kappa shape index (κ1) is 14.5. The number of sulfonamides is 1. The summed E-state index contributed by atoms with van der Waals surface area (Å²) in [5, 5.41) is 0. The SMILES string of the molecule is C[C@H](CN1CCOCC1)N=C1NS(=O)(=O)c2ccccc21. The molecule has 0 saturated carbocycles. The van der Waals surface area contributed by atoms with Gasteiger partial charge in [0.2, 0.25) is 0 Å². The van der Waals surface area contributed by atoms with Gasteiger partial charge >= 0.3 is 0 Å². The molecule has 114 valence electrons. The number of ether oxygens (including phenoxy) is 1. The Morgan fingerprint density at radius 1 is 1.33 bits per heavy atom. The number of hydrogen-bond acceptors (Lipinski definition) is 5. The fraction of sp³-hybridized carbons (Fsp3) is 0.500. The van der Waals surface area contributed by atoms with Crippen LogP contribution in [0.4, 0.5) is 0 Å². The number of fused-ring (bicyclic) bond motifs is 1. The molecule has 1 N–H and O–H groups in total. The molecule has 7 heteroatoms. The number of morpholine rings is 1. The van der Waals surface area contributed by atoms with Crippen LogP contribution in [0.2, 0.25) is 0 Å². The summed E-state index contributed by atoms with van der Waals surface area (Å²) in [6, 6.07) is 6.95. The maximum absolute atomic E-state index is 12.0. The largest absolute Gasteiger partial charge is 0.379 e. The summed E-state index contributed by atoms with van der Waals surface area (Å²) >= 11 is 0. The average molecular weight is 309 g/mol. The van der Waals surface area contributed by atoms with Crippen molar-refractivity contribution in [3.8, 4) is 0 Å². The predicted octanol–water partition coefficient (Wildman–Crippen LogP) is 0.446. The lowest BCUT2D eigenvalue weighted by Crippen LogP contribution is -2.40. The molecule has 1 atom stereocenters. The lowest BCUT2D eigenvalue weighted by atomic mass is 10.2. The van der Waals surface area contributed by atoms with Gasteiger partial charge in [0.1, 0.15) is 5.84 Å². The molecular weight excluding hydrogens is 290 g/mol. The van der Waals surface area contributed by atoms with Crippen molar-refractivity contribution in [3.63, 3.8) is 0 Å². The van der Waals surface area contributed by atoms with Crippen LogP contribution in [0.15, 0.2) is 34.2 Å². The molecule has 0 radical (unpaired) electrons. The van der Waals surface area contributed by atoms with Gasteiger partial charge in [-0.05, 0) is 19.1 Å². The number of hydrogen-bond donors (Lipinski definition) is 1. The molecule has 1 fully saturated rings. The second-order valence-electron chi connectivity index (χ2n) is 5.34. The highest BCUT2D eigenvalue weighted by Gasteiger charge is 2.30. The lowest BCUT2D eigenvalue weighted by Gasteiger charge is -2.28. The van der Waals surface area contributed by atoms with Gasteiger partial charge in [-0.25, -0.2) is 8.42 Å². The monoisotopic (exact) mass is 309 g/mol. The molecular formula is C14H19N3O3S. The molecule has 0 spiro atoms. The molecule has 1 aromatic carbocycles. The van der Waals surface area contributed by atoms with Gasteiger partial charge in [0.15, 0.2) is 0 Å². The maximum atomic E-state index is 12.0. The Labute approximate surface area is 124 Å². The summed E-state index contributed by atoms with van der Waals surface area (Å²) in [5.41, 5.74) is 0.659. The van der Waals surface area contributed by atoms with Gasteiger partial charge in [-0.2, -0.15) is 0 Å². The fourth-order valence-corrected chi connectivity index (χ4v) is 3.89. The summed E-state index contributed by atoms with van der Waals surface area (Å²) in [6.45, 7) is 6.10. The van der Waals surface area contributed by atoms with Crippen LogP contribution >= 0.6 is 0 Å². The molecule has 0 aromatic heterocycles. The van der Waals surface area contributed by atoms with Crippen molar-refractivity contribution in [3.05, 3.63) is 29.8 Å². The summed E-state index contributed by atoms with van der Waals surface area (Å²) in [5.74, 6) is 0.450. The van der Waals surface area contributed by atoms with Crippen LogP contribution in [0.5, 0.6) is 0 Å². The smallest absolute Gasteiger partial charge is 0.263 e. The predicted molar refractivity (Wildman–Crippen MR) is 80.0 cm³/mol. The molecule has 6 nitrogen and oxygen atoms in total. The number of aliphatic imine (C=N–C) groups is 1. The van der Waals surface area contributed by atoms with Gasteiger partial charge in [-0.1, -0.05) is 12.1 Å². The van der Waals surface area contributed by atoms with Gasteiger partial charge in [-0.3, -0.25) is 14.6 Å². The zero-order valence-corrected chi connectivity index (χ0v) is 12.8. The van der Waals surface area contributed by atoms with Crippen LogP contribution in [-0.2, 0) is 14.8 Å². The van der Waals surface area contributed by atoms with Crippen LogP contribution in [0.1, 0.15) is 12.5 Å². The van der Waals surface area contributed by atoms with E-state index in [1.807, 2.05) is 13.0 Å². The number of nitrogens with zero attached hydrogens (tertiary/aromatic N) is 2. The number of benzene rings is 1. The first-order valence-corrected chi connectivity index (χ1v) is 8.55. The molecule has 0 aliphatic carbocycles. The summed E-state index contributed by atoms with van der Waals surface area (Å²) in [4.78, 5) is 7.14. The zero-order valence-electron chi connectivity index (χ0n) is 11.9. The highest BCUT2D eigenvalue weighted by atomic mass is 32.2. The quantitative estimate of drug-likeness (QED) is 0.880. The Balaban J connectivity index is 1.77. The van der Waals surface area contributed by atoms with Crippen molar-refractivity contribution in [2.75, 3.05) is 32.8 Å². The lowest BCUT2D eigenvalue weighted by molar-refractivity contribution is 0.0361. The molecule has 0 unspecified atom stereocenters. The van der Waals surface area contributed by atoms with Crippen molar-refractivity contribution in [1.82, 2.24) is 9.62 Å². The molecule has 0 amide bonds. The number of amidine groups is 1. The van der Waals surface area contributed by atoms with E-state index in [0.717, 1.165) is 32.8 Å². The van der Waals surface area contributed by atoms with E-state index in [1.165, 1.54) is 0 Å². The zero-order chi connectivity index (χ0) is 14.9. The molecule has 2 aliphatic heterocycles. The van der Waals surface area contributed by atoms with Crippen molar-refractivity contribution in [2.24, 2.45) is 4.99 Å². The number of rotatable bonds is 3. The highest BCUT2D eigenvalue weighted by Crippen LogP contribution is 2.22. The van der Waals surface area contributed by atoms with E-state index in [1.54, 1.807) is 18.2 Å². The van der Waals surface area contributed by atoms with Crippen LogP contribution < -0.4 is 4.72 Å². The minimum atomic E-state index is -3.45. The van der Waals surface area contributed by atoms with E-state index >= 15 is 0 Å². The summed E-state index contributed by atoms with van der Waals surface area (Å²) < 4.78 is 31.9. The fourth-order valence-electron chi connectivity index (χ4n) is 2.65. The third kappa shape index (κ3) is 3.09. The van der Waals surface area contributed by atoms with E-state index in [4.69, 9.17) is 4.74 Å². The van der Waals surface area contributed by atoms with Crippen molar-refractivity contribution in [2.45, 2.75) is 17.9 Å². The molecule has 3 rings (SSSR count). The first-order valence-electron chi connectivity index (χ1n) is 7.06. The van der Waals surface area contributed by atoms with Crippen LogP contribution in [0.25, 0.3) is 0 Å². The van der Waals surface area contributed by atoms with E-state index in [2.05, 4.69) is 14.6 Å². The van der Waals surface area contributed by atoms with E-state index < -0.39 is 10.0 Å². The second kappa shape index (κ2) is 5.75. The Morgan fingerprint density at radius 2 is 2.05 bits per heavy atom. The maximum Gasteiger partial charge on any atom is 0.263 e. The van der Waals surface area contributed by atoms with Gasteiger partial charge in [0.05, 0.1) is 24.2 Å². The van der Waals surface area contributed by atoms with Gasteiger partial charge in [0.25, 0.3) is 10.0 Å². The van der Waals surface area contributed by atoms with Crippen molar-refractivity contribution < 1.29 is 13.2 Å². The third-order valence-electron chi connectivity index (χ3n) is 3.64. The Hall–Kier alpha value is -1.44.